The van der Waals surface area contributed by atoms with Crippen molar-refractivity contribution in [3.05, 3.63) is 28.2 Å². The fourth-order valence-corrected chi connectivity index (χ4v) is 1.80. The number of aliphatic hydroxyl groups is 2. The van der Waals surface area contributed by atoms with Crippen molar-refractivity contribution in [3.8, 4) is 6.07 Å². The minimum absolute atomic E-state index is 0.0165. The first-order valence-corrected chi connectivity index (χ1v) is 5.68. The van der Waals surface area contributed by atoms with Gasteiger partial charge in [0.1, 0.15) is 6.07 Å². The zero-order valence-corrected chi connectivity index (χ0v) is 10.3. The molecule has 0 atom stereocenters. The Kier molecular flexibility index (Phi) is 5.26. The highest BCUT2D eigenvalue weighted by Gasteiger charge is 2.10. The zero-order valence-electron chi connectivity index (χ0n) is 8.73. The van der Waals surface area contributed by atoms with Crippen LogP contribution >= 0.6 is 15.9 Å². The first-order valence-electron chi connectivity index (χ1n) is 4.89. The van der Waals surface area contributed by atoms with Gasteiger partial charge in [-0.15, -0.1) is 0 Å². The molecule has 1 aromatic carbocycles. The van der Waals surface area contributed by atoms with Gasteiger partial charge in [0.2, 0.25) is 0 Å². The minimum atomic E-state index is -0.0165. The highest BCUT2D eigenvalue weighted by molar-refractivity contribution is 9.10. The van der Waals surface area contributed by atoms with E-state index in [1.54, 1.807) is 17.0 Å². The van der Waals surface area contributed by atoms with Crippen LogP contribution in [0.4, 0.5) is 5.69 Å². The second kappa shape index (κ2) is 6.48. The Labute approximate surface area is 103 Å². The van der Waals surface area contributed by atoms with E-state index in [0.717, 1.165) is 10.2 Å². The van der Waals surface area contributed by atoms with E-state index in [-0.39, 0.29) is 13.2 Å². The van der Waals surface area contributed by atoms with E-state index in [1.165, 1.54) is 0 Å². The highest BCUT2D eigenvalue weighted by atomic mass is 79.9. The van der Waals surface area contributed by atoms with Crippen molar-refractivity contribution in [2.75, 3.05) is 31.2 Å². The molecule has 0 aliphatic rings. The summed E-state index contributed by atoms with van der Waals surface area (Å²) in [5, 5.41) is 26.9. The molecule has 2 N–H and O–H groups in total. The third-order valence-electron chi connectivity index (χ3n) is 2.16. The van der Waals surface area contributed by atoms with E-state index >= 15 is 0 Å². The average molecular weight is 285 g/mol. The van der Waals surface area contributed by atoms with Crippen molar-refractivity contribution >= 4 is 21.6 Å². The number of anilines is 1. The van der Waals surface area contributed by atoms with Crippen LogP contribution in [0.5, 0.6) is 0 Å². The molecule has 1 aromatic rings. The highest BCUT2D eigenvalue weighted by Crippen LogP contribution is 2.24. The van der Waals surface area contributed by atoms with Crippen LogP contribution in [0.25, 0.3) is 0 Å². The third kappa shape index (κ3) is 3.20. The predicted octanol–water partition coefficient (Wildman–Crippen LogP) is 1.11. The monoisotopic (exact) mass is 284 g/mol. The predicted molar refractivity (Wildman–Crippen MR) is 65.2 cm³/mol. The molecule has 0 bridgehead atoms. The molecule has 16 heavy (non-hydrogen) atoms. The van der Waals surface area contributed by atoms with Gasteiger partial charge in [-0.3, -0.25) is 0 Å². The van der Waals surface area contributed by atoms with Gasteiger partial charge >= 0.3 is 0 Å². The molecule has 0 spiro atoms. The van der Waals surface area contributed by atoms with Gasteiger partial charge in [-0.2, -0.15) is 5.26 Å². The van der Waals surface area contributed by atoms with Gasteiger partial charge in [-0.1, -0.05) is 15.9 Å². The summed E-state index contributed by atoms with van der Waals surface area (Å²) in [5.41, 5.74) is 1.25. The third-order valence-corrected chi connectivity index (χ3v) is 2.65. The molecule has 4 nitrogen and oxygen atoms in total. The molecule has 0 aromatic heterocycles. The average Bonchev–Trinajstić information content (AvgIpc) is 2.29. The fourth-order valence-electron chi connectivity index (χ4n) is 1.46. The zero-order chi connectivity index (χ0) is 12.0. The summed E-state index contributed by atoms with van der Waals surface area (Å²) < 4.78 is 0.863. The van der Waals surface area contributed by atoms with Gasteiger partial charge in [0.15, 0.2) is 0 Å². The summed E-state index contributed by atoms with van der Waals surface area (Å²) in [6, 6.07) is 7.40. The first kappa shape index (κ1) is 13.0. The van der Waals surface area contributed by atoms with Crippen LogP contribution in [0.2, 0.25) is 0 Å². The Morgan fingerprint density at radius 1 is 1.25 bits per heavy atom. The quantitative estimate of drug-likeness (QED) is 0.850. The van der Waals surface area contributed by atoms with Crippen molar-refractivity contribution < 1.29 is 10.2 Å². The van der Waals surface area contributed by atoms with Gasteiger partial charge in [0.05, 0.1) is 24.5 Å². The fraction of sp³-hybridized carbons (Fsp3) is 0.364. The Morgan fingerprint density at radius 2 is 1.88 bits per heavy atom. The number of rotatable bonds is 5. The molecule has 86 valence electrons. The molecular formula is C11H13BrN2O2. The lowest BCUT2D eigenvalue weighted by Gasteiger charge is -2.24. The molecule has 0 amide bonds. The largest absolute Gasteiger partial charge is 0.395 e. The van der Waals surface area contributed by atoms with Gasteiger partial charge in [0, 0.05) is 17.6 Å². The SMILES string of the molecule is N#Cc1ccc(Br)cc1N(CCO)CCO. The van der Waals surface area contributed by atoms with Crippen molar-refractivity contribution in [1.29, 1.82) is 5.26 Å². The van der Waals surface area contributed by atoms with Gasteiger partial charge in [-0.05, 0) is 18.2 Å². The van der Waals surface area contributed by atoms with E-state index in [2.05, 4.69) is 22.0 Å². The minimum Gasteiger partial charge on any atom is -0.395 e. The van der Waals surface area contributed by atoms with Gasteiger partial charge in [-0.25, -0.2) is 0 Å². The number of hydrogen-bond donors (Lipinski definition) is 2. The summed E-state index contributed by atoms with van der Waals surface area (Å²) in [6.07, 6.45) is 0. The molecule has 0 aliphatic heterocycles. The van der Waals surface area contributed by atoms with Crippen molar-refractivity contribution in [2.24, 2.45) is 0 Å². The molecule has 0 fully saturated rings. The van der Waals surface area contributed by atoms with Crippen molar-refractivity contribution in [2.45, 2.75) is 0 Å². The normalized spacial score (nSPS) is 9.88. The maximum atomic E-state index is 8.98. The molecular weight excluding hydrogens is 272 g/mol. The molecule has 0 radical (unpaired) electrons. The van der Waals surface area contributed by atoms with Crippen molar-refractivity contribution in [1.82, 2.24) is 0 Å². The van der Waals surface area contributed by atoms with Gasteiger partial charge < -0.3 is 15.1 Å². The number of hydrogen-bond acceptors (Lipinski definition) is 4. The van der Waals surface area contributed by atoms with Crippen LogP contribution < -0.4 is 4.90 Å². The Hall–Kier alpha value is -1.09. The Morgan fingerprint density at radius 3 is 2.38 bits per heavy atom. The summed E-state index contributed by atoms with van der Waals surface area (Å²) in [7, 11) is 0. The molecule has 0 saturated carbocycles. The summed E-state index contributed by atoms with van der Waals surface area (Å²) in [6.45, 7) is 0.756. The lowest BCUT2D eigenvalue weighted by Crippen LogP contribution is -2.30. The molecule has 1 rings (SSSR count). The lowest BCUT2D eigenvalue weighted by molar-refractivity contribution is 0.281. The van der Waals surface area contributed by atoms with E-state index in [1.807, 2.05) is 6.07 Å². The maximum Gasteiger partial charge on any atom is 0.101 e. The second-order valence-electron chi connectivity index (χ2n) is 3.21. The van der Waals surface area contributed by atoms with Crippen LogP contribution in [-0.2, 0) is 0 Å². The van der Waals surface area contributed by atoms with Crippen molar-refractivity contribution in [3.63, 3.8) is 0 Å². The topological polar surface area (TPSA) is 67.5 Å². The molecule has 0 saturated heterocycles. The van der Waals surface area contributed by atoms with Gasteiger partial charge in [0.25, 0.3) is 0 Å². The number of aliphatic hydroxyl groups excluding tert-OH is 2. The first-order chi connectivity index (χ1) is 7.72. The molecule has 5 heteroatoms. The van der Waals surface area contributed by atoms with E-state index < -0.39 is 0 Å². The van der Waals surface area contributed by atoms with Crippen LogP contribution in [0.3, 0.4) is 0 Å². The summed E-state index contributed by atoms with van der Waals surface area (Å²) >= 11 is 3.33. The van der Waals surface area contributed by atoms with Crippen LogP contribution in [0.1, 0.15) is 5.56 Å². The van der Waals surface area contributed by atoms with E-state index in [0.29, 0.717) is 18.7 Å². The maximum absolute atomic E-state index is 8.98. The number of nitriles is 1. The van der Waals surface area contributed by atoms with Crippen LogP contribution in [-0.4, -0.2) is 36.5 Å². The van der Waals surface area contributed by atoms with Crippen LogP contribution in [0, 0.1) is 11.3 Å². The number of nitrogens with zero attached hydrogens (tertiary/aromatic N) is 2. The number of benzene rings is 1. The standard InChI is InChI=1S/C11H13BrN2O2/c12-10-2-1-9(8-13)11(7-10)14(3-5-15)4-6-16/h1-2,7,15-16H,3-6H2. The van der Waals surface area contributed by atoms with E-state index in [4.69, 9.17) is 15.5 Å². The molecule has 0 heterocycles. The summed E-state index contributed by atoms with van der Waals surface area (Å²) in [5.74, 6) is 0. The smallest absolute Gasteiger partial charge is 0.101 e. The van der Waals surface area contributed by atoms with Crippen LogP contribution in [0.15, 0.2) is 22.7 Å². The second-order valence-corrected chi connectivity index (χ2v) is 4.12. The van der Waals surface area contributed by atoms with E-state index in [9.17, 15) is 0 Å². The summed E-state index contributed by atoms with van der Waals surface area (Å²) in [4.78, 5) is 1.78. The Bertz CT molecular complexity index is 384. The molecule has 0 unspecified atom stereocenters. The Balaban J connectivity index is 3.06. The lowest BCUT2D eigenvalue weighted by atomic mass is 10.1. The number of halogens is 1. The molecule has 0 aliphatic carbocycles.